The van der Waals surface area contributed by atoms with Crippen molar-refractivity contribution in [3.8, 4) is 0 Å². The van der Waals surface area contributed by atoms with Crippen LogP contribution in [0.3, 0.4) is 0 Å². The van der Waals surface area contributed by atoms with Crippen molar-refractivity contribution in [1.29, 1.82) is 0 Å². The topological polar surface area (TPSA) is 106 Å². The smallest absolute Gasteiger partial charge is 0.383 e. The van der Waals surface area contributed by atoms with E-state index in [1.54, 1.807) is 30.1 Å². The number of alkyl halides is 3. The van der Waals surface area contributed by atoms with Crippen molar-refractivity contribution in [2.45, 2.75) is 63.3 Å². The van der Waals surface area contributed by atoms with Gasteiger partial charge in [-0.05, 0) is 30.5 Å². The molecule has 33 heavy (non-hydrogen) atoms. The van der Waals surface area contributed by atoms with Gasteiger partial charge in [-0.2, -0.15) is 18.3 Å². The van der Waals surface area contributed by atoms with Crippen molar-refractivity contribution in [2.24, 2.45) is 16.6 Å². The van der Waals surface area contributed by atoms with Gasteiger partial charge in [-0.1, -0.05) is 38.8 Å². The molecule has 0 aliphatic heterocycles. The first-order chi connectivity index (χ1) is 15.4. The maximum Gasteiger partial charge on any atom is 0.415 e. The molecule has 0 radical (unpaired) electrons. The molecular formula is C23H30F3N5O2. The first-order valence-corrected chi connectivity index (χ1v) is 10.9. The minimum absolute atomic E-state index is 0.0585. The van der Waals surface area contributed by atoms with Crippen LogP contribution in [-0.4, -0.2) is 46.3 Å². The molecule has 1 aliphatic rings. The third-order valence-electron chi connectivity index (χ3n) is 6.34. The van der Waals surface area contributed by atoms with Gasteiger partial charge >= 0.3 is 6.18 Å². The molecule has 1 aromatic heterocycles. The number of aromatic nitrogens is 2. The number of aliphatic hydroxyl groups is 1. The first kappa shape index (κ1) is 24.8. The predicted molar refractivity (Wildman–Crippen MR) is 121 cm³/mol. The van der Waals surface area contributed by atoms with E-state index in [1.165, 1.54) is 26.0 Å². The van der Waals surface area contributed by atoms with Gasteiger partial charge in [0.15, 0.2) is 11.9 Å². The van der Waals surface area contributed by atoms with Crippen LogP contribution in [0.2, 0.25) is 0 Å². The summed E-state index contributed by atoms with van der Waals surface area (Å²) in [6.45, 7) is 2.67. The van der Waals surface area contributed by atoms with Crippen LogP contribution < -0.4 is 11.1 Å². The maximum atomic E-state index is 13.0. The molecule has 1 aliphatic carbocycles. The minimum atomic E-state index is -4.73. The molecule has 2 aromatic rings. The van der Waals surface area contributed by atoms with Crippen molar-refractivity contribution in [3.05, 3.63) is 41.6 Å². The minimum Gasteiger partial charge on any atom is -0.383 e. The number of amides is 1. The number of hydrogen-bond donors (Lipinski definition) is 3. The molecule has 1 aromatic carbocycles. The Hall–Kier alpha value is -2.88. The fourth-order valence-corrected chi connectivity index (χ4v) is 4.35. The summed E-state index contributed by atoms with van der Waals surface area (Å²) in [5.74, 6) is -0.146. The number of hydrogen-bond acceptors (Lipinski definition) is 5. The second kappa shape index (κ2) is 9.54. The summed E-state index contributed by atoms with van der Waals surface area (Å²) in [4.78, 5) is 16.2. The predicted octanol–water partition coefficient (Wildman–Crippen LogP) is 4.36. The van der Waals surface area contributed by atoms with Crippen molar-refractivity contribution < 1.29 is 23.1 Å². The molecule has 0 bridgehead atoms. The summed E-state index contributed by atoms with van der Waals surface area (Å²) in [7, 11) is 1.73. The van der Waals surface area contributed by atoms with E-state index in [1.807, 2.05) is 6.21 Å². The Morgan fingerprint density at radius 3 is 2.48 bits per heavy atom. The molecule has 1 amide bonds. The molecule has 0 saturated heterocycles. The zero-order chi connectivity index (χ0) is 24.4. The summed E-state index contributed by atoms with van der Waals surface area (Å²) in [6.07, 6.45) is 0.354. The largest absolute Gasteiger partial charge is 0.415 e. The van der Waals surface area contributed by atoms with Crippen LogP contribution in [0.1, 0.15) is 61.5 Å². The molecule has 3 atom stereocenters. The van der Waals surface area contributed by atoms with E-state index in [4.69, 9.17) is 5.73 Å². The van der Waals surface area contributed by atoms with Gasteiger partial charge in [0, 0.05) is 36.5 Å². The Bertz CT molecular complexity index is 999. The molecule has 10 heteroatoms. The Kier molecular flexibility index (Phi) is 7.16. The summed E-state index contributed by atoms with van der Waals surface area (Å²) in [5, 5.41) is 17.4. The zero-order valence-electron chi connectivity index (χ0n) is 18.9. The van der Waals surface area contributed by atoms with E-state index in [2.05, 4.69) is 15.4 Å². The highest BCUT2D eigenvalue weighted by Crippen LogP contribution is 2.37. The summed E-state index contributed by atoms with van der Waals surface area (Å²) in [5.41, 5.74) is 5.11. The summed E-state index contributed by atoms with van der Waals surface area (Å²) >= 11 is 0. The average molecular weight is 466 g/mol. The number of carbonyl (C=O) groups excluding carboxylic acids is 1. The summed E-state index contributed by atoms with van der Waals surface area (Å²) < 4.78 is 40.8. The van der Waals surface area contributed by atoms with Crippen molar-refractivity contribution in [3.63, 3.8) is 0 Å². The molecule has 3 rings (SSSR count). The van der Waals surface area contributed by atoms with E-state index in [-0.39, 0.29) is 23.3 Å². The van der Waals surface area contributed by atoms with Crippen molar-refractivity contribution >= 4 is 23.6 Å². The molecule has 4 N–H and O–H groups in total. The number of carbonyl (C=O) groups is 1. The number of halogens is 3. The van der Waals surface area contributed by atoms with Crippen LogP contribution in [0.25, 0.3) is 0 Å². The fraction of sp³-hybridized carbons (Fsp3) is 0.522. The number of nitrogens with two attached hydrogens (primary N) is 1. The van der Waals surface area contributed by atoms with Crippen molar-refractivity contribution in [1.82, 2.24) is 9.78 Å². The van der Waals surface area contributed by atoms with Crippen LogP contribution in [-0.2, 0) is 5.41 Å². The number of benzene rings is 1. The monoisotopic (exact) mass is 465 g/mol. The molecule has 0 unspecified atom stereocenters. The molecule has 0 spiro atoms. The molecule has 1 fully saturated rings. The van der Waals surface area contributed by atoms with Gasteiger partial charge in [0.05, 0.1) is 6.04 Å². The number of aliphatic imine (C=N–C) groups is 1. The normalized spacial score (nSPS) is 20.7. The summed E-state index contributed by atoms with van der Waals surface area (Å²) in [6, 6.07) is 6.23. The van der Waals surface area contributed by atoms with Crippen molar-refractivity contribution in [2.75, 3.05) is 12.4 Å². The molecule has 180 valence electrons. The number of nitrogens with one attached hydrogen (secondary N) is 1. The van der Waals surface area contributed by atoms with Gasteiger partial charge in [-0.3, -0.25) is 9.48 Å². The van der Waals surface area contributed by atoms with E-state index in [0.717, 1.165) is 25.7 Å². The quantitative estimate of drug-likeness (QED) is 0.529. The number of primary amides is 1. The lowest BCUT2D eigenvalue weighted by Crippen LogP contribution is -2.44. The van der Waals surface area contributed by atoms with Crippen LogP contribution in [0.5, 0.6) is 0 Å². The zero-order valence-corrected chi connectivity index (χ0v) is 18.9. The third kappa shape index (κ3) is 5.38. The highest BCUT2D eigenvalue weighted by molar-refractivity contribution is 5.98. The van der Waals surface area contributed by atoms with Gasteiger partial charge in [0.1, 0.15) is 5.56 Å². The fourth-order valence-electron chi connectivity index (χ4n) is 4.35. The van der Waals surface area contributed by atoms with Gasteiger partial charge in [-0.25, -0.2) is 0 Å². The van der Waals surface area contributed by atoms with E-state index < -0.39 is 23.6 Å². The Morgan fingerprint density at radius 2 is 1.91 bits per heavy atom. The highest BCUT2D eigenvalue weighted by Gasteiger charge is 2.48. The first-order valence-electron chi connectivity index (χ1n) is 10.9. The average Bonchev–Trinajstić information content (AvgIpc) is 3.17. The number of aliphatic hydroxyl groups excluding tert-OH is 1. The molecule has 1 saturated carbocycles. The van der Waals surface area contributed by atoms with Crippen LogP contribution >= 0.6 is 0 Å². The highest BCUT2D eigenvalue weighted by atomic mass is 19.4. The number of anilines is 2. The Morgan fingerprint density at radius 1 is 1.27 bits per heavy atom. The standard InChI is InChI=1S/C23H30F3N5O2/c1-22(2,21(33)23(24,25)26)15-8-10-16(11-9-15)29-20-17(19(27)32)13-31(30-20)18-7-5-4-6-14(18)12-28-3/h8-14,18,21,33H,4-7H2,1-3H3,(H2,27,32)(H,29,30)/b28-12-/t14-,18+,21+/m1/s1. The molecular weight excluding hydrogens is 435 g/mol. The van der Waals surface area contributed by atoms with Crippen LogP contribution in [0.15, 0.2) is 35.5 Å². The number of nitrogens with zero attached hydrogens (tertiary/aromatic N) is 3. The van der Waals surface area contributed by atoms with Gasteiger partial charge in [0.2, 0.25) is 0 Å². The second-order valence-electron chi connectivity index (χ2n) is 9.03. The second-order valence-corrected chi connectivity index (χ2v) is 9.03. The van der Waals surface area contributed by atoms with E-state index >= 15 is 0 Å². The lowest BCUT2D eigenvalue weighted by molar-refractivity contribution is -0.221. The molecule has 1 heterocycles. The number of rotatable bonds is 7. The van der Waals surface area contributed by atoms with E-state index in [9.17, 15) is 23.1 Å². The lowest BCUT2D eigenvalue weighted by Gasteiger charge is -2.32. The third-order valence-corrected chi connectivity index (χ3v) is 6.34. The SMILES string of the molecule is C/N=C\[C@H]1CCCC[C@@H]1n1cc(C(N)=O)c(Nc2ccc(C(C)(C)[C@H](O)C(F)(F)F)cc2)n1. The van der Waals surface area contributed by atoms with Crippen LogP contribution in [0.4, 0.5) is 24.7 Å². The Labute approximate surface area is 190 Å². The van der Waals surface area contributed by atoms with E-state index in [0.29, 0.717) is 11.3 Å². The van der Waals surface area contributed by atoms with Crippen LogP contribution in [0, 0.1) is 5.92 Å². The molecule has 7 nitrogen and oxygen atoms in total. The van der Waals surface area contributed by atoms with Gasteiger partial charge < -0.3 is 21.1 Å². The lowest BCUT2D eigenvalue weighted by atomic mass is 9.79. The van der Waals surface area contributed by atoms with Gasteiger partial charge in [0.25, 0.3) is 5.91 Å². The maximum absolute atomic E-state index is 13.0. The van der Waals surface area contributed by atoms with Gasteiger partial charge in [-0.15, -0.1) is 0 Å². The Balaban J connectivity index is 1.85.